The molecular formula is C17H21ClN4. The van der Waals surface area contributed by atoms with E-state index in [-0.39, 0.29) is 0 Å². The monoisotopic (exact) mass is 316 g/mol. The van der Waals surface area contributed by atoms with Crippen molar-refractivity contribution in [2.75, 3.05) is 18.4 Å². The molecule has 0 saturated carbocycles. The number of anilines is 1. The molecule has 1 saturated heterocycles. The van der Waals surface area contributed by atoms with Crippen LogP contribution in [0.2, 0.25) is 5.02 Å². The van der Waals surface area contributed by atoms with Crippen molar-refractivity contribution in [3.8, 4) is 0 Å². The van der Waals surface area contributed by atoms with Crippen molar-refractivity contribution in [1.82, 2.24) is 14.9 Å². The molecule has 0 amide bonds. The molecule has 1 aromatic carbocycles. The molecule has 1 N–H and O–H groups in total. The Bertz CT molecular complexity index is 617. The normalized spacial score (nSPS) is 19.1. The number of aromatic nitrogens is 2. The van der Waals surface area contributed by atoms with Gasteiger partial charge in [0.05, 0.1) is 6.20 Å². The minimum absolute atomic E-state index is 0.379. The summed E-state index contributed by atoms with van der Waals surface area (Å²) >= 11 is 6.18. The van der Waals surface area contributed by atoms with E-state index in [1.807, 2.05) is 6.92 Å². The zero-order valence-electron chi connectivity index (χ0n) is 12.8. The fourth-order valence-corrected chi connectivity index (χ4v) is 3.05. The predicted octanol–water partition coefficient (Wildman–Crippen LogP) is 3.51. The van der Waals surface area contributed by atoms with Crippen LogP contribution in [0.3, 0.4) is 0 Å². The lowest BCUT2D eigenvalue weighted by atomic mass is 10.0. The first-order valence-electron chi connectivity index (χ1n) is 7.72. The Labute approximate surface area is 136 Å². The highest BCUT2D eigenvalue weighted by atomic mass is 35.5. The quantitative estimate of drug-likeness (QED) is 0.937. The van der Waals surface area contributed by atoms with Gasteiger partial charge in [0.2, 0.25) is 0 Å². The third-order valence-corrected chi connectivity index (χ3v) is 4.24. The Morgan fingerprint density at radius 3 is 2.95 bits per heavy atom. The maximum Gasteiger partial charge on any atom is 0.148 e. The minimum Gasteiger partial charge on any atom is -0.365 e. The van der Waals surface area contributed by atoms with Crippen LogP contribution in [0.4, 0.5) is 5.82 Å². The van der Waals surface area contributed by atoms with E-state index in [0.717, 1.165) is 37.7 Å². The van der Waals surface area contributed by atoms with E-state index < -0.39 is 0 Å². The van der Waals surface area contributed by atoms with Gasteiger partial charge in [-0.05, 0) is 31.9 Å². The van der Waals surface area contributed by atoms with Crippen LogP contribution < -0.4 is 5.32 Å². The van der Waals surface area contributed by atoms with E-state index in [0.29, 0.717) is 11.1 Å². The number of aryl methyl sites for hydroxylation is 1. The molecule has 4 nitrogen and oxygen atoms in total. The van der Waals surface area contributed by atoms with Gasteiger partial charge in [-0.25, -0.2) is 9.97 Å². The van der Waals surface area contributed by atoms with Crippen LogP contribution in [-0.4, -0.2) is 34.0 Å². The first-order chi connectivity index (χ1) is 10.7. The number of hydrogen-bond donors (Lipinski definition) is 1. The van der Waals surface area contributed by atoms with Gasteiger partial charge in [-0.15, -0.1) is 0 Å². The van der Waals surface area contributed by atoms with Gasteiger partial charge in [0.25, 0.3) is 0 Å². The average molecular weight is 317 g/mol. The van der Waals surface area contributed by atoms with Gasteiger partial charge >= 0.3 is 0 Å². The molecule has 0 aliphatic carbocycles. The molecule has 0 radical (unpaired) electrons. The molecule has 5 heteroatoms. The van der Waals surface area contributed by atoms with Crippen LogP contribution in [-0.2, 0) is 6.54 Å². The molecule has 1 aliphatic rings. The second-order valence-corrected chi connectivity index (χ2v) is 6.23. The summed E-state index contributed by atoms with van der Waals surface area (Å²) in [5.41, 5.74) is 1.36. The first kappa shape index (κ1) is 15.3. The van der Waals surface area contributed by atoms with Crippen molar-refractivity contribution in [2.45, 2.75) is 32.4 Å². The summed E-state index contributed by atoms with van der Waals surface area (Å²) in [6.45, 7) is 5.03. The van der Waals surface area contributed by atoms with Gasteiger partial charge in [0, 0.05) is 19.1 Å². The van der Waals surface area contributed by atoms with Crippen LogP contribution in [0.1, 0.15) is 24.2 Å². The van der Waals surface area contributed by atoms with Gasteiger partial charge in [0.15, 0.2) is 0 Å². The second-order valence-electron chi connectivity index (χ2n) is 5.82. The molecule has 1 aromatic heterocycles. The Kier molecular flexibility index (Phi) is 4.90. The summed E-state index contributed by atoms with van der Waals surface area (Å²) in [6.07, 6.45) is 3.99. The first-order valence-corrected chi connectivity index (χ1v) is 8.10. The van der Waals surface area contributed by atoms with Crippen LogP contribution >= 0.6 is 11.6 Å². The van der Waals surface area contributed by atoms with Gasteiger partial charge < -0.3 is 5.32 Å². The van der Waals surface area contributed by atoms with Gasteiger partial charge in [-0.3, -0.25) is 4.90 Å². The highest BCUT2D eigenvalue weighted by Crippen LogP contribution is 2.22. The number of piperidine rings is 1. The zero-order chi connectivity index (χ0) is 15.4. The van der Waals surface area contributed by atoms with Crippen molar-refractivity contribution in [2.24, 2.45) is 0 Å². The second kappa shape index (κ2) is 7.07. The number of hydrogen-bond acceptors (Lipinski definition) is 4. The van der Waals surface area contributed by atoms with Gasteiger partial charge in [-0.2, -0.15) is 0 Å². The largest absolute Gasteiger partial charge is 0.365 e. The van der Waals surface area contributed by atoms with Crippen molar-refractivity contribution >= 4 is 17.4 Å². The SMILES string of the molecule is Cc1ncc(Cl)c(NC2CCCN(Cc3ccccc3)C2)n1. The van der Waals surface area contributed by atoms with E-state index >= 15 is 0 Å². The molecule has 1 fully saturated rings. The maximum atomic E-state index is 6.18. The molecule has 0 bridgehead atoms. The van der Waals surface area contributed by atoms with Crippen molar-refractivity contribution < 1.29 is 0 Å². The fraction of sp³-hybridized carbons (Fsp3) is 0.412. The summed E-state index contributed by atoms with van der Waals surface area (Å²) in [4.78, 5) is 11.0. The minimum atomic E-state index is 0.379. The molecule has 1 unspecified atom stereocenters. The predicted molar refractivity (Wildman–Crippen MR) is 90.1 cm³/mol. The summed E-state index contributed by atoms with van der Waals surface area (Å²) in [7, 11) is 0. The Balaban J connectivity index is 1.62. The lowest BCUT2D eigenvalue weighted by Crippen LogP contribution is -2.41. The molecule has 3 rings (SSSR count). The molecule has 2 aromatic rings. The van der Waals surface area contributed by atoms with Crippen molar-refractivity contribution in [1.29, 1.82) is 0 Å². The van der Waals surface area contributed by atoms with E-state index in [1.54, 1.807) is 6.20 Å². The topological polar surface area (TPSA) is 41.1 Å². The lowest BCUT2D eigenvalue weighted by molar-refractivity contribution is 0.208. The van der Waals surface area contributed by atoms with Crippen LogP contribution in [0.5, 0.6) is 0 Å². The van der Waals surface area contributed by atoms with E-state index in [9.17, 15) is 0 Å². The van der Waals surface area contributed by atoms with Gasteiger partial charge in [0.1, 0.15) is 16.7 Å². The number of rotatable bonds is 4. The Morgan fingerprint density at radius 1 is 1.32 bits per heavy atom. The lowest BCUT2D eigenvalue weighted by Gasteiger charge is -2.33. The van der Waals surface area contributed by atoms with Crippen LogP contribution in [0.25, 0.3) is 0 Å². The summed E-state index contributed by atoms with van der Waals surface area (Å²) in [6, 6.07) is 11.0. The summed E-state index contributed by atoms with van der Waals surface area (Å²) in [5.74, 6) is 1.49. The number of benzene rings is 1. The van der Waals surface area contributed by atoms with Crippen molar-refractivity contribution in [3.63, 3.8) is 0 Å². The number of likely N-dealkylation sites (tertiary alicyclic amines) is 1. The molecule has 1 aliphatic heterocycles. The molecular weight excluding hydrogens is 296 g/mol. The van der Waals surface area contributed by atoms with Crippen LogP contribution in [0, 0.1) is 6.92 Å². The Morgan fingerprint density at radius 2 is 2.14 bits per heavy atom. The zero-order valence-corrected chi connectivity index (χ0v) is 13.6. The average Bonchev–Trinajstić information content (AvgIpc) is 2.52. The number of halogens is 1. The molecule has 116 valence electrons. The van der Waals surface area contributed by atoms with Crippen LogP contribution in [0.15, 0.2) is 36.5 Å². The van der Waals surface area contributed by atoms with E-state index in [4.69, 9.17) is 11.6 Å². The highest BCUT2D eigenvalue weighted by molar-refractivity contribution is 6.32. The molecule has 0 spiro atoms. The van der Waals surface area contributed by atoms with Crippen molar-refractivity contribution in [3.05, 3.63) is 52.9 Å². The van der Waals surface area contributed by atoms with E-state index in [1.165, 1.54) is 12.0 Å². The third-order valence-electron chi connectivity index (χ3n) is 3.96. The highest BCUT2D eigenvalue weighted by Gasteiger charge is 2.21. The van der Waals surface area contributed by atoms with E-state index in [2.05, 4.69) is 50.5 Å². The molecule has 2 heterocycles. The molecule has 1 atom stereocenters. The van der Waals surface area contributed by atoms with Gasteiger partial charge in [-0.1, -0.05) is 41.9 Å². The Hall–Kier alpha value is -1.65. The fourth-order valence-electron chi connectivity index (χ4n) is 2.91. The maximum absolute atomic E-state index is 6.18. The number of nitrogens with zero attached hydrogens (tertiary/aromatic N) is 3. The third kappa shape index (κ3) is 3.96. The summed E-state index contributed by atoms with van der Waals surface area (Å²) < 4.78 is 0. The summed E-state index contributed by atoms with van der Waals surface area (Å²) in [5, 5.41) is 4.07. The standard InChI is InChI=1S/C17H21ClN4/c1-13-19-10-16(18)17(20-13)21-15-8-5-9-22(12-15)11-14-6-3-2-4-7-14/h2-4,6-7,10,15H,5,8-9,11-12H2,1H3,(H,19,20,21). The molecule has 22 heavy (non-hydrogen) atoms. The smallest absolute Gasteiger partial charge is 0.148 e. The number of nitrogens with one attached hydrogen (secondary N) is 1.